The van der Waals surface area contributed by atoms with Crippen molar-refractivity contribution in [3.8, 4) is 11.1 Å². The van der Waals surface area contributed by atoms with Gasteiger partial charge in [-0.2, -0.15) is 0 Å². The van der Waals surface area contributed by atoms with Crippen molar-refractivity contribution in [2.75, 3.05) is 5.32 Å². The number of nitrogens with one attached hydrogen (secondary N) is 2. The van der Waals surface area contributed by atoms with Crippen LogP contribution in [0.3, 0.4) is 0 Å². The Bertz CT molecular complexity index is 660. The third kappa shape index (κ3) is 3.54. The molecule has 4 nitrogen and oxygen atoms in total. The maximum atomic E-state index is 11.6. The number of carbonyl (C=O) groups is 1. The molecule has 0 spiro atoms. The first kappa shape index (κ1) is 14.5. The number of hydrogen-bond acceptors (Lipinski definition) is 3. The molecule has 0 heterocycles. The van der Waals surface area contributed by atoms with Gasteiger partial charge < -0.3 is 10.7 Å². The predicted molar refractivity (Wildman–Crippen MR) is 85.4 cm³/mol. The molecule has 2 rings (SSSR count). The second-order valence-electron chi connectivity index (χ2n) is 4.02. The first-order valence-electron chi connectivity index (χ1n) is 5.78. The second-order valence-corrected chi connectivity index (χ2v) is 4.86. The van der Waals surface area contributed by atoms with Gasteiger partial charge in [-0.25, -0.2) is 5.84 Å². The van der Waals surface area contributed by atoms with E-state index in [9.17, 15) is 4.79 Å². The number of nitrogens with two attached hydrogens (primary N) is 1. The summed E-state index contributed by atoms with van der Waals surface area (Å²) in [4.78, 5) is 11.6. The molecule has 0 aliphatic rings. The van der Waals surface area contributed by atoms with E-state index in [-0.39, 0.29) is 4.99 Å². The molecule has 1 amide bonds. The lowest BCUT2D eigenvalue weighted by Crippen LogP contribution is -2.38. The van der Waals surface area contributed by atoms with Crippen LogP contribution in [0.2, 0.25) is 5.02 Å². The van der Waals surface area contributed by atoms with Gasteiger partial charge in [-0.1, -0.05) is 48.1 Å². The summed E-state index contributed by atoms with van der Waals surface area (Å²) in [6.45, 7) is 0. The normalized spacial score (nSPS) is 9.90. The molecule has 4 N–H and O–H groups in total. The van der Waals surface area contributed by atoms with Crippen LogP contribution in [-0.4, -0.2) is 10.9 Å². The lowest BCUT2D eigenvalue weighted by atomic mass is 10.1. The quantitative estimate of drug-likeness (QED) is 0.453. The number of anilines is 1. The molecule has 0 aromatic heterocycles. The van der Waals surface area contributed by atoms with Gasteiger partial charge in [0.2, 0.25) is 0 Å². The molecule has 0 atom stereocenters. The van der Waals surface area contributed by atoms with Crippen LogP contribution in [0, 0.1) is 0 Å². The molecule has 102 valence electrons. The summed E-state index contributed by atoms with van der Waals surface area (Å²) in [5.41, 5.74) is 4.68. The molecular weight excluding hydrogens is 294 g/mol. The largest absolute Gasteiger partial charge is 0.320 e. The van der Waals surface area contributed by atoms with Crippen molar-refractivity contribution in [3.05, 3.63) is 53.6 Å². The summed E-state index contributed by atoms with van der Waals surface area (Å²) < 4.78 is 0. The van der Waals surface area contributed by atoms with Gasteiger partial charge in [-0.15, -0.1) is 0 Å². The molecule has 0 radical (unpaired) electrons. The Morgan fingerprint density at radius 2 is 1.75 bits per heavy atom. The van der Waals surface area contributed by atoms with Crippen LogP contribution in [0.1, 0.15) is 0 Å². The van der Waals surface area contributed by atoms with E-state index in [1.54, 1.807) is 6.07 Å². The Labute approximate surface area is 126 Å². The van der Waals surface area contributed by atoms with Crippen LogP contribution < -0.4 is 16.6 Å². The molecule has 2 aromatic rings. The number of hydrogen-bond donors (Lipinski definition) is 3. The van der Waals surface area contributed by atoms with Crippen molar-refractivity contribution >= 4 is 40.4 Å². The minimum absolute atomic E-state index is 0.0711. The van der Waals surface area contributed by atoms with Crippen molar-refractivity contribution in [2.24, 2.45) is 5.84 Å². The van der Waals surface area contributed by atoms with Gasteiger partial charge in [0.15, 0.2) is 4.99 Å². The van der Waals surface area contributed by atoms with Crippen molar-refractivity contribution in [1.29, 1.82) is 0 Å². The van der Waals surface area contributed by atoms with Crippen molar-refractivity contribution in [1.82, 2.24) is 5.43 Å². The number of rotatable bonds is 2. The first-order chi connectivity index (χ1) is 9.60. The molecule has 0 aliphatic carbocycles. The molecule has 2 aromatic carbocycles. The summed E-state index contributed by atoms with van der Waals surface area (Å²) in [6.07, 6.45) is 0. The molecular formula is C14H12ClN3OS. The minimum Gasteiger partial charge on any atom is -0.320 e. The van der Waals surface area contributed by atoms with Crippen LogP contribution in [0.15, 0.2) is 48.5 Å². The zero-order valence-corrected chi connectivity index (χ0v) is 12.0. The standard InChI is InChI=1S/C14H12ClN3OS/c15-11-5-1-3-9(7-11)10-4-2-6-12(8-10)17-13(19)14(20)18-16/h1-8H,16H2,(H,17,19)(H,18,20). The number of benzene rings is 2. The lowest BCUT2D eigenvalue weighted by molar-refractivity contribution is -0.110. The summed E-state index contributed by atoms with van der Waals surface area (Å²) >= 11 is 10.7. The van der Waals surface area contributed by atoms with Gasteiger partial charge in [-0.05, 0) is 35.4 Å². The predicted octanol–water partition coefficient (Wildman–Crippen LogP) is 2.74. The van der Waals surface area contributed by atoms with Crippen molar-refractivity contribution < 1.29 is 4.79 Å². The van der Waals surface area contributed by atoms with Crippen LogP contribution >= 0.6 is 23.8 Å². The zero-order chi connectivity index (χ0) is 14.5. The van der Waals surface area contributed by atoms with E-state index in [4.69, 9.17) is 29.7 Å². The second kappa shape index (κ2) is 6.47. The maximum absolute atomic E-state index is 11.6. The highest BCUT2D eigenvalue weighted by Crippen LogP contribution is 2.25. The Hall–Kier alpha value is -1.95. The van der Waals surface area contributed by atoms with Crippen LogP contribution in [-0.2, 0) is 4.79 Å². The van der Waals surface area contributed by atoms with Gasteiger partial charge in [0.1, 0.15) is 0 Å². The number of halogens is 1. The molecule has 0 unspecified atom stereocenters. The fraction of sp³-hybridized carbons (Fsp3) is 0. The van der Waals surface area contributed by atoms with E-state index in [2.05, 4.69) is 10.7 Å². The van der Waals surface area contributed by atoms with Gasteiger partial charge >= 0.3 is 0 Å². The third-order valence-electron chi connectivity index (χ3n) is 2.62. The summed E-state index contributed by atoms with van der Waals surface area (Å²) in [5.74, 6) is 4.64. The molecule has 0 bridgehead atoms. The summed E-state index contributed by atoms with van der Waals surface area (Å²) in [6, 6.07) is 14.9. The number of hydrazine groups is 1. The highest BCUT2D eigenvalue weighted by Gasteiger charge is 2.08. The SMILES string of the molecule is NNC(=S)C(=O)Nc1cccc(-c2cccc(Cl)c2)c1. The maximum Gasteiger partial charge on any atom is 0.284 e. The molecule has 20 heavy (non-hydrogen) atoms. The molecule has 0 fully saturated rings. The molecule has 6 heteroatoms. The zero-order valence-electron chi connectivity index (χ0n) is 10.4. The lowest BCUT2D eigenvalue weighted by Gasteiger charge is -2.08. The molecule has 0 aliphatic heterocycles. The Balaban J connectivity index is 2.24. The van der Waals surface area contributed by atoms with Crippen molar-refractivity contribution in [3.63, 3.8) is 0 Å². The summed E-state index contributed by atoms with van der Waals surface area (Å²) in [7, 11) is 0. The van der Waals surface area contributed by atoms with E-state index in [1.807, 2.05) is 42.5 Å². The highest BCUT2D eigenvalue weighted by atomic mass is 35.5. The van der Waals surface area contributed by atoms with Crippen LogP contribution in [0.5, 0.6) is 0 Å². The molecule has 0 saturated carbocycles. The average molecular weight is 306 g/mol. The van der Waals surface area contributed by atoms with E-state index >= 15 is 0 Å². The monoisotopic (exact) mass is 305 g/mol. The van der Waals surface area contributed by atoms with E-state index < -0.39 is 5.91 Å². The third-order valence-corrected chi connectivity index (χ3v) is 3.15. The smallest absolute Gasteiger partial charge is 0.284 e. The van der Waals surface area contributed by atoms with E-state index in [0.29, 0.717) is 10.7 Å². The Morgan fingerprint density at radius 1 is 1.10 bits per heavy atom. The number of carbonyl (C=O) groups excluding carboxylic acids is 1. The summed E-state index contributed by atoms with van der Waals surface area (Å²) in [5, 5.41) is 3.32. The van der Waals surface area contributed by atoms with Gasteiger partial charge in [0, 0.05) is 10.7 Å². The average Bonchev–Trinajstić information content (AvgIpc) is 2.46. The minimum atomic E-state index is -0.453. The van der Waals surface area contributed by atoms with Crippen LogP contribution in [0.4, 0.5) is 5.69 Å². The fourth-order valence-electron chi connectivity index (χ4n) is 1.70. The topological polar surface area (TPSA) is 67.1 Å². The van der Waals surface area contributed by atoms with Gasteiger partial charge in [0.05, 0.1) is 0 Å². The number of amides is 1. The fourth-order valence-corrected chi connectivity index (χ4v) is 1.94. The molecule has 0 saturated heterocycles. The Kier molecular flexibility index (Phi) is 4.68. The number of thiocarbonyl (C=S) groups is 1. The highest BCUT2D eigenvalue weighted by molar-refractivity contribution is 7.82. The van der Waals surface area contributed by atoms with Crippen molar-refractivity contribution in [2.45, 2.75) is 0 Å². The Morgan fingerprint density at radius 3 is 2.40 bits per heavy atom. The van der Waals surface area contributed by atoms with E-state index in [1.165, 1.54) is 0 Å². The van der Waals surface area contributed by atoms with Gasteiger partial charge in [0.25, 0.3) is 5.91 Å². The van der Waals surface area contributed by atoms with Crippen LogP contribution in [0.25, 0.3) is 11.1 Å². The van der Waals surface area contributed by atoms with E-state index in [0.717, 1.165) is 11.1 Å². The van der Waals surface area contributed by atoms with Gasteiger partial charge in [-0.3, -0.25) is 4.79 Å². The first-order valence-corrected chi connectivity index (χ1v) is 6.56.